The fourth-order valence-electron chi connectivity index (χ4n) is 1.70. The molecule has 14 heavy (non-hydrogen) atoms. The first kappa shape index (κ1) is 9.77. The van der Waals surface area contributed by atoms with Crippen LogP contribution in [0.15, 0.2) is 0 Å². The van der Waals surface area contributed by atoms with Gasteiger partial charge in [0.05, 0.1) is 5.69 Å². The van der Waals surface area contributed by atoms with Gasteiger partial charge in [-0.25, -0.2) is 0 Å². The molecule has 1 heterocycles. The number of hydrogen-bond acceptors (Lipinski definition) is 4. The fourth-order valence-corrected chi connectivity index (χ4v) is 2.40. The molecule has 2 rings (SSSR count). The Hall–Kier alpha value is -0.770. The van der Waals surface area contributed by atoms with Crippen molar-refractivity contribution in [3.05, 3.63) is 10.6 Å². The first-order valence-electron chi connectivity index (χ1n) is 5.15. The van der Waals surface area contributed by atoms with E-state index >= 15 is 0 Å². The Morgan fingerprint density at radius 1 is 1.57 bits per heavy atom. The second-order valence-corrected chi connectivity index (χ2v) is 4.58. The van der Waals surface area contributed by atoms with E-state index in [0.717, 1.165) is 17.0 Å². The van der Waals surface area contributed by atoms with Gasteiger partial charge in [0.15, 0.2) is 5.78 Å². The van der Waals surface area contributed by atoms with Gasteiger partial charge in [-0.1, -0.05) is 30.7 Å². The summed E-state index contributed by atoms with van der Waals surface area (Å²) in [4.78, 5) is 12.6. The topological polar surface area (TPSA) is 42.9 Å². The number of carbonyl (C=O) groups is 1. The Morgan fingerprint density at radius 2 is 2.36 bits per heavy atom. The molecule has 0 atom stereocenters. The summed E-state index contributed by atoms with van der Waals surface area (Å²) in [7, 11) is 0. The molecule has 1 aromatic heterocycles. The second-order valence-electron chi connectivity index (χ2n) is 3.83. The zero-order valence-electron chi connectivity index (χ0n) is 8.32. The van der Waals surface area contributed by atoms with Crippen molar-refractivity contribution in [1.29, 1.82) is 0 Å². The number of carbonyl (C=O) groups excluding carboxylic acids is 1. The SMILES string of the molecule is CCc1nnsc1C(=O)CC1CCC1. The van der Waals surface area contributed by atoms with Crippen molar-refractivity contribution in [1.82, 2.24) is 9.59 Å². The molecule has 0 unspecified atom stereocenters. The summed E-state index contributed by atoms with van der Waals surface area (Å²) < 4.78 is 3.84. The van der Waals surface area contributed by atoms with Gasteiger partial charge in [-0.05, 0) is 23.9 Å². The highest BCUT2D eigenvalue weighted by Gasteiger charge is 2.23. The summed E-state index contributed by atoms with van der Waals surface area (Å²) in [6.45, 7) is 2.01. The number of hydrogen-bond donors (Lipinski definition) is 0. The van der Waals surface area contributed by atoms with E-state index in [1.807, 2.05) is 6.92 Å². The summed E-state index contributed by atoms with van der Waals surface area (Å²) in [6.07, 6.45) is 5.25. The number of ketones is 1. The number of rotatable bonds is 4. The Kier molecular flexibility index (Phi) is 2.91. The molecule has 0 bridgehead atoms. The average molecular weight is 210 g/mol. The molecule has 0 aromatic carbocycles. The third-order valence-corrected chi connectivity index (χ3v) is 3.65. The first-order valence-corrected chi connectivity index (χ1v) is 5.93. The van der Waals surface area contributed by atoms with Crippen LogP contribution >= 0.6 is 11.5 Å². The summed E-state index contributed by atoms with van der Waals surface area (Å²) in [5, 5.41) is 3.95. The van der Waals surface area contributed by atoms with Crippen LogP contribution in [0.25, 0.3) is 0 Å². The van der Waals surface area contributed by atoms with Crippen molar-refractivity contribution in [3.8, 4) is 0 Å². The number of Topliss-reactive ketones (excluding diaryl/α,β-unsaturated/α-hetero) is 1. The van der Waals surface area contributed by atoms with Gasteiger partial charge in [-0.3, -0.25) is 4.79 Å². The molecule has 4 heteroatoms. The van der Waals surface area contributed by atoms with Gasteiger partial charge >= 0.3 is 0 Å². The van der Waals surface area contributed by atoms with Crippen LogP contribution in [-0.2, 0) is 6.42 Å². The lowest BCUT2D eigenvalue weighted by atomic mass is 9.81. The van der Waals surface area contributed by atoms with Gasteiger partial charge in [0.2, 0.25) is 0 Å². The second kappa shape index (κ2) is 4.17. The Bertz CT molecular complexity index is 331. The van der Waals surface area contributed by atoms with E-state index in [-0.39, 0.29) is 5.78 Å². The Balaban J connectivity index is 2.02. The van der Waals surface area contributed by atoms with Gasteiger partial charge in [0.1, 0.15) is 4.88 Å². The molecule has 0 amide bonds. The normalized spacial score (nSPS) is 16.6. The van der Waals surface area contributed by atoms with Crippen LogP contribution in [0.5, 0.6) is 0 Å². The predicted molar refractivity (Wildman–Crippen MR) is 55.6 cm³/mol. The standard InChI is InChI=1S/C10H14N2OS/c1-2-8-10(14-12-11-8)9(13)6-7-4-3-5-7/h7H,2-6H2,1H3. The third-order valence-electron chi connectivity index (χ3n) is 2.84. The smallest absolute Gasteiger partial charge is 0.176 e. The van der Waals surface area contributed by atoms with Crippen LogP contribution in [0.4, 0.5) is 0 Å². The molecule has 76 valence electrons. The quantitative estimate of drug-likeness (QED) is 0.717. The minimum absolute atomic E-state index is 0.251. The molecule has 3 nitrogen and oxygen atoms in total. The molecule has 0 radical (unpaired) electrons. The third kappa shape index (κ3) is 1.85. The molecule has 0 aliphatic heterocycles. The van der Waals surface area contributed by atoms with Gasteiger partial charge < -0.3 is 0 Å². The van der Waals surface area contributed by atoms with Crippen LogP contribution in [0.1, 0.15) is 48.0 Å². The van der Waals surface area contributed by atoms with E-state index < -0.39 is 0 Å². The molecule has 0 saturated heterocycles. The maximum Gasteiger partial charge on any atom is 0.176 e. The zero-order valence-corrected chi connectivity index (χ0v) is 9.14. The summed E-state index contributed by atoms with van der Waals surface area (Å²) in [6, 6.07) is 0. The molecular formula is C10H14N2OS. The van der Waals surface area contributed by atoms with E-state index in [2.05, 4.69) is 9.59 Å². The molecular weight excluding hydrogens is 196 g/mol. The van der Waals surface area contributed by atoms with Crippen molar-refractivity contribution in [2.24, 2.45) is 5.92 Å². The van der Waals surface area contributed by atoms with Crippen molar-refractivity contribution in [3.63, 3.8) is 0 Å². The van der Waals surface area contributed by atoms with Crippen molar-refractivity contribution < 1.29 is 4.79 Å². The van der Waals surface area contributed by atoms with E-state index in [4.69, 9.17) is 0 Å². The van der Waals surface area contributed by atoms with Crippen LogP contribution in [0.3, 0.4) is 0 Å². The van der Waals surface area contributed by atoms with E-state index in [0.29, 0.717) is 12.3 Å². The van der Waals surface area contributed by atoms with Gasteiger partial charge in [-0.2, -0.15) is 0 Å². The molecule has 1 fully saturated rings. The van der Waals surface area contributed by atoms with E-state index in [1.165, 1.54) is 30.8 Å². The van der Waals surface area contributed by atoms with Gasteiger partial charge in [0, 0.05) is 6.42 Å². The maximum atomic E-state index is 11.8. The van der Waals surface area contributed by atoms with Gasteiger partial charge in [-0.15, -0.1) is 5.10 Å². The molecule has 1 saturated carbocycles. The van der Waals surface area contributed by atoms with E-state index in [1.54, 1.807) is 0 Å². The average Bonchev–Trinajstić information content (AvgIpc) is 2.58. The monoisotopic (exact) mass is 210 g/mol. The Morgan fingerprint density at radius 3 is 2.93 bits per heavy atom. The molecule has 1 aliphatic rings. The highest BCUT2D eigenvalue weighted by molar-refractivity contribution is 7.08. The molecule has 0 spiro atoms. The fraction of sp³-hybridized carbons (Fsp3) is 0.700. The molecule has 0 N–H and O–H groups in total. The zero-order chi connectivity index (χ0) is 9.97. The summed E-state index contributed by atoms with van der Waals surface area (Å²) >= 11 is 1.25. The lowest BCUT2D eigenvalue weighted by molar-refractivity contribution is 0.0939. The first-order chi connectivity index (χ1) is 6.81. The molecule has 1 aromatic rings. The van der Waals surface area contributed by atoms with Gasteiger partial charge in [0.25, 0.3) is 0 Å². The highest BCUT2D eigenvalue weighted by Crippen LogP contribution is 2.31. The molecule has 1 aliphatic carbocycles. The summed E-state index contributed by atoms with van der Waals surface area (Å²) in [5.74, 6) is 0.885. The minimum Gasteiger partial charge on any atom is -0.293 e. The minimum atomic E-state index is 0.251. The number of nitrogens with zero attached hydrogens (tertiary/aromatic N) is 2. The number of aromatic nitrogens is 2. The van der Waals surface area contributed by atoms with E-state index in [9.17, 15) is 4.79 Å². The maximum absolute atomic E-state index is 11.8. The van der Waals surface area contributed by atoms with Crippen LogP contribution < -0.4 is 0 Å². The number of aryl methyl sites for hydroxylation is 1. The van der Waals surface area contributed by atoms with Crippen LogP contribution in [-0.4, -0.2) is 15.4 Å². The lowest BCUT2D eigenvalue weighted by Crippen LogP contribution is -2.16. The summed E-state index contributed by atoms with van der Waals surface area (Å²) in [5.41, 5.74) is 0.874. The van der Waals surface area contributed by atoms with Crippen molar-refractivity contribution in [2.75, 3.05) is 0 Å². The van der Waals surface area contributed by atoms with Crippen LogP contribution in [0, 0.1) is 5.92 Å². The predicted octanol–water partition coefficient (Wildman–Crippen LogP) is 2.47. The Labute approximate surface area is 87.7 Å². The largest absolute Gasteiger partial charge is 0.293 e. The lowest BCUT2D eigenvalue weighted by Gasteiger charge is -2.23. The van der Waals surface area contributed by atoms with Crippen molar-refractivity contribution >= 4 is 17.3 Å². The van der Waals surface area contributed by atoms with Crippen molar-refractivity contribution in [2.45, 2.75) is 39.0 Å². The highest BCUT2D eigenvalue weighted by atomic mass is 32.1. The van der Waals surface area contributed by atoms with Crippen LogP contribution in [0.2, 0.25) is 0 Å².